The number of carbonyl (C=O) groups excluding carboxylic acids is 2. The van der Waals surface area contributed by atoms with Gasteiger partial charge >= 0.3 is 6.03 Å². The molecular formula is C32H46N4O7. The topological polar surface area (TPSA) is 113 Å². The molecule has 2 heterocycles. The van der Waals surface area contributed by atoms with Gasteiger partial charge in [-0.05, 0) is 63.4 Å². The third-order valence-corrected chi connectivity index (χ3v) is 7.98. The first-order valence-electron chi connectivity index (χ1n) is 15.0. The number of hydrogen-bond acceptors (Lipinski definition) is 8. The van der Waals surface area contributed by atoms with E-state index in [-0.39, 0.29) is 43.5 Å². The summed E-state index contributed by atoms with van der Waals surface area (Å²) in [6, 6.07) is 10.2. The number of likely N-dealkylation sites (N-methyl/N-ethyl adjacent to an activating group) is 1. The first kappa shape index (κ1) is 32.2. The van der Waals surface area contributed by atoms with E-state index in [4.69, 9.17) is 18.9 Å². The molecule has 2 aromatic rings. The van der Waals surface area contributed by atoms with Gasteiger partial charge in [-0.2, -0.15) is 0 Å². The van der Waals surface area contributed by atoms with Gasteiger partial charge in [-0.25, -0.2) is 4.79 Å². The van der Waals surface area contributed by atoms with Crippen LogP contribution in [0.4, 0.5) is 16.2 Å². The third kappa shape index (κ3) is 8.23. The van der Waals surface area contributed by atoms with Crippen molar-refractivity contribution in [2.45, 2.75) is 58.3 Å². The lowest BCUT2D eigenvalue weighted by atomic mass is 10.0. The molecule has 43 heavy (non-hydrogen) atoms. The maximum Gasteiger partial charge on any atom is 0.321 e. The zero-order chi connectivity index (χ0) is 31.1. The molecule has 236 valence electrons. The Balaban J connectivity index is 1.55. The Morgan fingerprint density at radius 2 is 1.81 bits per heavy atom. The number of fused-ring (bicyclic) bond motifs is 2. The Morgan fingerprint density at radius 3 is 2.56 bits per heavy atom. The van der Waals surface area contributed by atoms with Crippen LogP contribution in [-0.2, 0) is 4.74 Å². The van der Waals surface area contributed by atoms with Gasteiger partial charge in [0.05, 0.1) is 30.4 Å². The number of hydrogen-bond donors (Lipinski definition) is 2. The number of aliphatic hydroxyl groups excluding tert-OH is 1. The molecule has 0 aliphatic carbocycles. The van der Waals surface area contributed by atoms with Crippen molar-refractivity contribution in [3.63, 3.8) is 0 Å². The zero-order valence-electron chi connectivity index (χ0n) is 26.2. The van der Waals surface area contributed by atoms with Crippen molar-refractivity contribution in [1.82, 2.24) is 9.80 Å². The van der Waals surface area contributed by atoms with Crippen molar-refractivity contribution in [2.75, 3.05) is 64.5 Å². The van der Waals surface area contributed by atoms with Crippen LogP contribution in [0.1, 0.15) is 50.4 Å². The van der Waals surface area contributed by atoms with Crippen molar-refractivity contribution in [1.29, 1.82) is 0 Å². The summed E-state index contributed by atoms with van der Waals surface area (Å²) in [5.74, 6) is 1.40. The normalized spacial score (nSPS) is 21.7. The molecular weight excluding hydrogens is 552 g/mol. The SMILES string of the molecule is C[C@H]1CCCCO[C@H](CN(C)C(=O)Nc2ccc3c(c2)OCO3)[C@@H](C)CN([C@@H](C)CO)C(=O)c2cc(N(C)C)ccc2O1. The monoisotopic (exact) mass is 598 g/mol. The van der Waals surface area contributed by atoms with E-state index in [0.717, 1.165) is 24.9 Å². The van der Waals surface area contributed by atoms with Crippen LogP contribution < -0.4 is 24.4 Å². The van der Waals surface area contributed by atoms with Gasteiger partial charge in [-0.15, -0.1) is 0 Å². The van der Waals surface area contributed by atoms with Crippen molar-refractivity contribution >= 4 is 23.3 Å². The molecule has 0 radical (unpaired) electrons. The number of rotatable bonds is 6. The molecule has 11 heteroatoms. The maximum atomic E-state index is 14.1. The second-order valence-electron chi connectivity index (χ2n) is 11.8. The fourth-order valence-corrected chi connectivity index (χ4v) is 5.20. The maximum absolute atomic E-state index is 14.1. The summed E-state index contributed by atoms with van der Waals surface area (Å²) in [6.07, 6.45) is 2.10. The molecule has 3 amide bonds. The minimum absolute atomic E-state index is 0.0934. The highest BCUT2D eigenvalue weighted by Gasteiger charge is 2.31. The fraction of sp³-hybridized carbons (Fsp3) is 0.562. The highest BCUT2D eigenvalue weighted by atomic mass is 16.7. The van der Waals surface area contributed by atoms with E-state index in [0.29, 0.717) is 48.2 Å². The van der Waals surface area contributed by atoms with Crippen LogP contribution in [0.15, 0.2) is 36.4 Å². The molecule has 4 rings (SSSR count). The lowest BCUT2D eigenvalue weighted by Gasteiger charge is -2.36. The number of anilines is 2. The summed E-state index contributed by atoms with van der Waals surface area (Å²) in [7, 11) is 5.58. The number of ether oxygens (including phenoxy) is 4. The lowest BCUT2D eigenvalue weighted by molar-refractivity contribution is -0.0115. The van der Waals surface area contributed by atoms with E-state index in [1.54, 1.807) is 35.0 Å². The average Bonchev–Trinajstić information content (AvgIpc) is 3.45. The molecule has 2 aromatic carbocycles. The number of carbonyl (C=O) groups is 2. The number of aliphatic hydroxyl groups is 1. The second kappa shape index (κ2) is 14.7. The van der Waals surface area contributed by atoms with Crippen LogP contribution in [0.2, 0.25) is 0 Å². The zero-order valence-corrected chi connectivity index (χ0v) is 26.2. The quantitative estimate of drug-likeness (QED) is 0.502. The number of nitrogens with zero attached hydrogens (tertiary/aromatic N) is 3. The number of urea groups is 1. The molecule has 4 atom stereocenters. The predicted octanol–water partition coefficient (Wildman–Crippen LogP) is 4.44. The summed E-state index contributed by atoms with van der Waals surface area (Å²) in [5.41, 5.74) is 1.94. The Morgan fingerprint density at radius 1 is 1.07 bits per heavy atom. The molecule has 0 spiro atoms. The second-order valence-corrected chi connectivity index (χ2v) is 11.8. The molecule has 2 aliphatic heterocycles. The molecule has 0 saturated heterocycles. The van der Waals surface area contributed by atoms with E-state index in [9.17, 15) is 14.7 Å². The van der Waals surface area contributed by atoms with Gasteiger partial charge in [0.15, 0.2) is 11.5 Å². The lowest BCUT2D eigenvalue weighted by Crippen LogP contribution is -2.48. The third-order valence-electron chi connectivity index (χ3n) is 7.98. The predicted molar refractivity (Wildman–Crippen MR) is 165 cm³/mol. The van der Waals surface area contributed by atoms with Gasteiger partial charge in [-0.1, -0.05) is 6.92 Å². The van der Waals surface area contributed by atoms with Gasteiger partial charge in [0, 0.05) is 64.2 Å². The Labute approximate surface area is 254 Å². The molecule has 2 aliphatic rings. The van der Waals surface area contributed by atoms with Crippen molar-refractivity contribution < 1.29 is 33.6 Å². The van der Waals surface area contributed by atoms with Gasteiger partial charge in [0.1, 0.15) is 5.75 Å². The Bertz CT molecular complexity index is 1260. The van der Waals surface area contributed by atoms with E-state index in [1.165, 1.54) is 0 Å². The smallest absolute Gasteiger partial charge is 0.321 e. The van der Waals surface area contributed by atoms with Crippen LogP contribution in [0.5, 0.6) is 17.2 Å². The van der Waals surface area contributed by atoms with E-state index in [2.05, 4.69) is 5.32 Å². The summed E-state index contributed by atoms with van der Waals surface area (Å²) in [5, 5.41) is 13.0. The first-order valence-corrected chi connectivity index (χ1v) is 15.0. The number of amides is 3. The molecule has 0 fully saturated rings. The molecule has 2 N–H and O–H groups in total. The van der Waals surface area contributed by atoms with Gasteiger partial charge < -0.3 is 44.1 Å². The van der Waals surface area contributed by atoms with Crippen molar-refractivity contribution in [3.8, 4) is 17.2 Å². The van der Waals surface area contributed by atoms with Gasteiger partial charge in [0.25, 0.3) is 5.91 Å². The largest absolute Gasteiger partial charge is 0.490 e. The summed E-state index contributed by atoms with van der Waals surface area (Å²) >= 11 is 0. The highest BCUT2D eigenvalue weighted by Crippen LogP contribution is 2.34. The summed E-state index contributed by atoms with van der Waals surface area (Å²) in [4.78, 5) is 32.5. The van der Waals surface area contributed by atoms with Crippen molar-refractivity contribution in [2.24, 2.45) is 5.92 Å². The molecule has 0 aromatic heterocycles. The molecule has 0 saturated carbocycles. The number of nitrogens with one attached hydrogen (secondary N) is 1. The van der Waals surface area contributed by atoms with Crippen LogP contribution in [0, 0.1) is 5.92 Å². The van der Waals surface area contributed by atoms with Gasteiger partial charge in [0.2, 0.25) is 6.79 Å². The van der Waals surface area contributed by atoms with Crippen LogP contribution in [-0.4, -0.2) is 99.3 Å². The van der Waals surface area contributed by atoms with Crippen LogP contribution in [0.3, 0.4) is 0 Å². The Hall–Kier alpha value is -3.70. The number of benzene rings is 2. The van der Waals surface area contributed by atoms with E-state index in [1.807, 2.05) is 58.0 Å². The Kier molecular flexibility index (Phi) is 11.0. The molecule has 0 bridgehead atoms. The van der Waals surface area contributed by atoms with E-state index < -0.39 is 6.04 Å². The first-order chi connectivity index (χ1) is 20.6. The van der Waals surface area contributed by atoms with Crippen molar-refractivity contribution in [3.05, 3.63) is 42.0 Å². The molecule has 11 nitrogen and oxygen atoms in total. The van der Waals surface area contributed by atoms with Crippen LogP contribution in [0.25, 0.3) is 0 Å². The van der Waals surface area contributed by atoms with E-state index >= 15 is 0 Å². The summed E-state index contributed by atoms with van der Waals surface area (Å²) < 4.78 is 23.4. The summed E-state index contributed by atoms with van der Waals surface area (Å²) in [6.45, 7) is 6.97. The fourth-order valence-electron chi connectivity index (χ4n) is 5.20. The minimum atomic E-state index is -0.441. The van der Waals surface area contributed by atoms with Crippen LogP contribution >= 0.6 is 0 Å². The minimum Gasteiger partial charge on any atom is -0.490 e. The standard InChI is InChI=1S/C32H46N4O7/c1-21-17-36(22(2)19-37)31(38)26-16-25(34(4)5)11-13-27(26)43-23(3)9-7-8-14-40-30(21)18-35(6)32(39)33-24-10-12-28-29(15-24)42-20-41-28/h10-13,15-16,21-23,30,37H,7-9,14,17-20H2,1-6H3,(H,33,39)/t21-,22-,23-,30+/m0/s1. The molecule has 0 unspecified atom stereocenters. The average molecular weight is 599 g/mol. The van der Waals surface area contributed by atoms with Gasteiger partial charge in [-0.3, -0.25) is 4.79 Å². The highest BCUT2D eigenvalue weighted by molar-refractivity contribution is 5.98.